The molecule has 0 aliphatic rings. The van der Waals surface area contributed by atoms with Gasteiger partial charge in [-0.3, -0.25) is 9.59 Å². The summed E-state index contributed by atoms with van der Waals surface area (Å²) in [5.74, 6) is -0.261. The molecule has 100 valence electrons. The lowest BCUT2D eigenvalue weighted by Crippen LogP contribution is -2.42. The van der Waals surface area contributed by atoms with Crippen molar-refractivity contribution in [2.24, 2.45) is 5.73 Å². The van der Waals surface area contributed by atoms with E-state index in [0.717, 1.165) is 0 Å². The molecule has 0 saturated carbocycles. The van der Waals surface area contributed by atoms with Crippen molar-refractivity contribution >= 4 is 11.8 Å². The zero-order valence-corrected chi connectivity index (χ0v) is 10.9. The largest absolute Gasteiger partial charge is 0.370 e. The molecular formula is C11H23N3O3. The van der Waals surface area contributed by atoms with Crippen molar-refractivity contribution in [2.45, 2.75) is 13.8 Å². The minimum atomic E-state index is -0.209. The monoisotopic (exact) mass is 245 g/mol. The highest BCUT2D eigenvalue weighted by molar-refractivity contribution is 5.85. The molecule has 0 spiro atoms. The first kappa shape index (κ1) is 15.9. The van der Waals surface area contributed by atoms with E-state index >= 15 is 0 Å². The van der Waals surface area contributed by atoms with Crippen molar-refractivity contribution < 1.29 is 14.3 Å². The fourth-order valence-electron chi connectivity index (χ4n) is 1.32. The smallest absolute Gasteiger partial charge is 0.248 e. The van der Waals surface area contributed by atoms with Crippen LogP contribution in [0.2, 0.25) is 0 Å². The number of nitrogens with zero attached hydrogens (tertiary/aromatic N) is 2. The maximum atomic E-state index is 11.7. The van der Waals surface area contributed by atoms with Crippen LogP contribution in [-0.4, -0.2) is 68.1 Å². The van der Waals surface area contributed by atoms with Crippen LogP contribution in [0.1, 0.15) is 13.8 Å². The van der Waals surface area contributed by atoms with E-state index in [1.165, 1.54) is 4.90 Å². The minimum absolute atomic E-state index is 0.0285. The fraction of sp³-hybridized carbons (Fsp3) is 0.818. The number of hydrogen-bond donors (Lipinski definition) is 1. The summed E-state index contributed by atoms with van der Waals surface area (Å²) in [6.07, 6.45) is 0. The summed E-state index contributed by atoms with van der Waals surface area (Å²) in [6.45, 7) is 5.92. The first-order chi connectivity index (χ1) is 8.06. The number of hydrogen-bond acceptors (Lipinski definition) is 4. The highest BCUT2D eigenvalue weighted by Crippen LogP contribution is 1.93. The second-order valence-corrected chi connectivity index (χ2v) is 3.66. The van der Waals surface area contributed by atoms with E-state index in [-0.39, 0.29) is 25.0 Å². The number of carbonyl (C=O) groups excluding carboxylic acids is 2. The molecular weight excluding hydrogens is 222 g/mol. The summed E-state index contributed by atoms with van der Waals surface area (Å²) in [5, 5.41) is 0. The molecule has 17 heavy (non-hydrogen) atoms. The summed E-state index contributed by atoms with van der Waals surface area (Å²) in [6, 6.07) is 0. The van der Waals surface area contributed by atoms with Crippen molar-refractivity contribution in [3.63, 3.8) is 0 Å². The number of amides is 2. The molecule has 0 heterocycles. The second kappa shape index (κ2) is 8.95. The van der Waals surface area contributed by atoms with E-state index in [2.05, 4.69) is 0 Å². The van der Waals surface area contributed by atoms with Gasteiger partial charge in [0.25, 0.3) is 0 Å². The van der Waals surface area contributed by atoms with Gasteiger partial charge in [0.05, 0.1) is 13.2 Å². The van der Waals surface area contributed by atoms with E-state index < -0.39 is 0 Å². The zero-order valence-electron chi connectivity index (χ0n) is 10.9. The molecule has 0 aliphatic heterocycles. The van der Waals surface area contributed by atoms with E-state index in [1.54, 1.807) is 11.9 Å². The Morgan fingerprint density at radius 3 is 2.24 bits per heavy atom. The molecule has 0 atom stereocenters. The van der Waals surface area contributed by atoms with Crippen molar-refractivity contribution in [3.8, 4) is 0 Å². The predicted molar refractivity (Wildman–Crippen MR) is 65.4 cm³/mol. The van der Waals surface area contributed by atoms with Gasteiger partial charge in [-0.1, -0.05) is 0 Å². The molecule has 0 rings (SSSR count). The SMILES string of the molecule is CCN(CC)C(=O)CN(C)C(=O)COCCN. The van der Waals surface area contributed by atoms with Crippen LogP contribution in [-0.2, 0) is 14.3 Å². The van der Waals surface area contributed by atoms with Gasteiger partial charge in [-0.15, -0.1) is 0 Å². The topological polar surface area (TPSA) is 75.9 Å². The Morgan fingerprint density at radius 2 is 1.76 bits per heavy atom. The van der Waals surface area contributed by atoms with Gasteiger partial charge in [0.15, 0.2) is 0 Å². The molecule has 2 amide bonds. The molecule has 2 N–H and O–H groups in total. The van der Waals surface area contributed by atoms with Crippen LogP contribution in [0.3, 0.4) is 0 Å². The van der Waals surface area contributed by atoms with Crippen molar-refractivity contribution in [3.05, 3.63) is 0 Å². The standard InChI is InChI=1S/C11H23N3O3/c1-4-14(5-2)10(15)8-13(3)11(16)9-17-7-6-12/h4-9,12H2,1-3H3. The summed E-state index contributed by atoms with van der Waals surface area (Å²) in [7, 11) is 1.59. The lowest BCUT2D eigenvalue weighted by atomic mass is 10.4. The molecule has 0 aliphatic carbocycles. The lowest BCUT2D eigenvalue weighted by Gasteiger charge is -2.23. The number of carbonyl (C=O) groups is 2. The Balaban J connectivity index is 4.02. The molecule has 0 aromatic carbocycles. The average molecular weight is 245 g/mol. The van der Waals surface area contributed by atoms with Crippen LogP contribution in [0.4, 0.5) is 0 Å². The molecule has 0 aromatic rings. The maximum Gasteiger partial charge on any atom is 0.248 e. The molecule has 6 heteroatoms. The Kier molecular flexibility index (Phi) is 8.35. The van der Waals surface area contributed by atoms with Crippen molar-refractivity contribution in [2.75, 3.05) is 46.4 Å². The number of rotatable bonds is 8. The van der Waals surface area contributed by atoms with Crippen LogP contribution in [0, 0.1) is 0 Å². The van der Waals surface area contributed by atoms with Gasteiger partial charge in [-0.25, -0.2) is 0 Å². The highest BCUT2D eigenvalue weighted by atomic mass is 16.5. The Bertz CT molecular complexity index is 242. The summed E-state index contributed by atoms with van der Waals surface area (Å²) in [4.78, 5) is 26.3. The van der Waals surface area contributed by atoms with Gasteiger partial charge >= 0.3 is 0 Å². The third-order valence-electron chi connectivity index (χ3n) is 2.40. The normalized spacial score (nSPS) is 10.1. The molecule has 6 nitrogen and oxygen atoms in total. The van der Waals surface area contributed by atoms with Gasteiger partial charge < -0.3 is 20.3 Å². The zero-order chi connectivity index (χ0) is 13.3. The van der Waals surface area contributed by atoms with E-state index in [9.17, 15) is 9.59 Å². The third-order valence-corrected chi connectivity index (χ3v) is 2.40. The van der Waals surface area contributed by atoms with Crippen molar-refractivity contribution in [1.29, 1.82) is 0 Å². The Morgan fingerprint density at radius 1 is 1.18 bits per heavy atom. The molecule has 0 fully saturated rings. The maximum absolute atomic E-state index is 11.7. The van der Waals surface area contributed by atoms with Gasteiger partial charge in [0.1, 0.15) is 6.61 Å². The lowest BCUT2D eigenvalue weighted by molar-refractivity contribution is -0.141. The van der Waals surface area contributed by atoms with Gasteiger partial charge in [0, 0.05) is 26.7 Å². The van der Waals surface area contributed by atoms with Crippen LogP contribution in [0.5, 0.6) is 0 Å². The molecule has 0 aromatic heterocycles. The Hall–Kier alpha value is -1.14. The highest BCUT2D eigenvalue weighted by Gasteiger charge is 2.16. The summed E-state index contributed by atoms with van der Waals surface area (Å²) in [5.41, 5.74) is 5.24. The van der Waals surface area contributed by atoms with E-state index in [4.69, 9.17) is 10.5 Å². The fourth-order valence-corrected chi connectivity index (χ4v) is 1.32. The van der Waals surface area contributed by atoms with Gasteiger partial charge in [0.2, 0.25) is 11.8 Å². The van der Waals surface area contributed by atoms with E-state index in [1.807, 2.05) is 13.8 Å². The number of ether oxygens (including phenoxy) is 1. The van der Waals surface area contributed by atoms with Crippen LogP contribution >= 0.6 is 0 Å². The summed E-state index contributed by atoms with van der Waals surface area (Å²) < 4.78 is 5.02. The molecule has 0 unspecified atom stereocenters. The van der Waals surface area contributed by atoms with Crippen LogP contribution < -0.4 is 5.73 Å². The molecule has 0 bridgehead atoms. The minimum Gasteiger partial charge on any atom is -0.370 e. The second-order valence-electron chi connectivity index (χ2n) is 3.66. The summed E-state index contributed by atoms with van der Waals surface area (Å²) >= 11 is 0. The molecule has 0 radical (unpaired) electrons. The van der Waals surface area contributed by atoms with Gasteiger partial charge in [-0.05, 0) is 13.8 Å². The first-order valence-corrected chi connectivity index (χ1v) is 5.86. The number of likely N-dealkylation sites (N-methyl/N-ethyl adjacent to an activating group) is 2. The van der Waals surface area contributed by atoms with Gasteiger partial charge in [-0.2, -0.15) is 0 Å². The van der Waals surface area contributed by atoms with E-state index in [0.29, 0.717) is 26.2 Å². The van der Waals surface area contributed by atoms with Crippen LogP contribution in [0.15, 0.2) is 0 Å². The quantitative estimate of drug-likeness (QED) is 0.573. The Labute approximate surface area is 103 Å². The first-order valence-electron chi connectivity index (χ1n) is 5.86. The average Bonchev–Trinajstić information content (AvgIpc) is 2.30. The molecule has 0 saturated heterocycles. The van der Waals surface area contributed by atoms with Crippen molar-refractivity contribution in [1.82, 2.24) is 9.80 Å². The van der Waals surface area contributed by atoms with Crippen LogP contribution in [0.25, 0.3) is 0 Å². The number of nitrogens with two attached hydrogens (primary N) is 1. The predicted octanol–water partition coefficient (Wildman–Crippen LogP) is -0.711. The third kappa shape index (κ3) is 6.23.